The second-order valence-electron chi connectivity index (χ2n) is 6.59. The van der Waals surface area contributed by atoms with Gasteiger partial charge in [-0.3, -0.25) is 9.67 Å². The number of rotatable bonds is 6. The molecule has 1 saturated heterocycles. The molecule has 0 aromatic carbocycles. The number of aryl methyl sites for hydroxylation is 2. The number of sulfonamides is 1. The summed E-state index contributed by atoms with van der Waals surface area (Å²) in [6, 6.07) is 0.184. The van der Waals surface area contributed by atoms with Crippen LogP contribution in [-0.4, -0.2) is 66.9 Å². The fourth-order valence-corrected chi connectivity index (χ4v) is 4.67. The molecule has 0 bridgehead atoms. The Hall–Kier alpha value is -0.880. The van der Waals surface area contributed by atoms with Gasteiger partial charge in [-0.1, -0.05) is 0 Å². The van der Waals surface area contributed by atoms with Gasteiger partial charge >= 0.3 is 0 Å². The molecule has 8 nitrogen and oxygen atoms in total. The summed E-state index contributed by atoms with van der Waals surface area (Å²) in [5.41, 5.74) is 3.48. The van der Waals surface area contributed by atoms with Gasteiger partial charge in [0.15, 0.2) is 5.96 Å². The van der Waals surface area contributed by atoms with Crippen LogP contribution < -0.4 is 10.6 Å². The lowest BCUT2D eigenvalue weighted by atomic mass is 10.1. The normalized spacial score (nSPS) is 18.4. The number of hydrogen-bond acceptors (Lipinski definition) is 4. The molecule has 10 heteroatoms. The highest BCUT2D eigenvalue weighted by Crippen LogP contribution is 2.14. The van der Waals surface area contributed by atoms with Gasteiger partial charge in [-0.25, -0.2) is 12.7 Å². The second kappa shape index (κ2) is 9.88. The lowest BCUT2D eigenvalue weighted by Crippen LogP contribution is -2.45. The van der Waals surface area contributed by atoms with Gasteiger partial charge in [-0.05, 0) is 39.2 Å². The van der Waals surface area contributed by atoms with Crippen LogP contribution in [0.15, 0.2) is 4.99 Å². The van der Waals surface area contributed by atoms with Crippen LogP contribution in [0, 0.1) is 13.8 Å². The Morgan fingerprint density at radius 3 is 2.58 bits per heavy atom. The van der Waals surface area contributed by atoms with Crippen molar-refractivity contribution in [3.8, 4) is 0 Å². The molecule has 1 aliphatic rings. The van der Waals surface area contributed by atoms with Crippen molar-refractivity contribution in [1.82, 2.24) is 24.7 Å². The van der Waals surface area contributed by atoms with E-state index in [4.69, 9.17) is 0 Å². The molecule has 0 aliphatic carbocycles. The molecule has 1 aromatic rings. The number of aromatic nitrogens is 2. The molecule has 1 fully saturated rings. The van der Waals surface area contributed by atoms with Crippen LogP contribution in [0.4, 0.5) is 0 Å². The molecule has 0 radical (unpaired) electrons. The van der Waals surface area contributed by atoms with Gasteiger partial charge in [0.2, 0.25) is 10.0 Å². The molecule has 26 heavy (non-hydrogen) atoms. The number of aliphatic imine (C=N–C) groups is 1. The highest BCUT2D eigenvalue weighted by Gasteiger charge is 2.27. The van der Waals surface area contributed by atoms with Crippen molar-refractivity contribution in [3.63, 3.8) is 0 Å². The van der Waals surface area contributed by atoms with Gasteiger partial charge in [0.05, 0.1) is 11.4 Å². The summed E-state index contributed by atoms with van der Waals surface area (Å²) in [5, 5.41) is 11.0. The summed E-state index contributed by atoms with van der Waals surface area (Å²) in [5.74, 6) is 0.948. The van der Waals surface area contributed by atoms with Crippen LogP contribution in [0.1, 0.15) is 30.3 Å². The molecular weight excluding hydrogens is 467 g/mol. The van der Waals surface area contributed by atoms with E-state index in [0.29, 0.717) is 25.6 Å². The standard InChI is InChI=1S/C16H30N6O2S.HI/c1-12(11-15-13(2)20-21(5)14(15)3)19-16(17-4)18-7-9-22-8-6-10-25(22,23)24;/h12H,6-11H2,1-5H3,(H2,17,18,19);1H. The highest BCUT2D eigenvalue weighted by molar-refractivity contribution is 14.0. The van der Waals surface area contributed by atoms with E-state index in [0.717, 1.165) is 18.5 Å². The Balaban J connectivity index is 0.00000338. The Kier molecular flexibility index (Phi) is 8.80. The maximum absolute atomic E-state index is 11.8. The molecule has 2 heterocycles. The van der Waals surface area contributed by atoms with Crippen LogP contribution >= 0.6 is 24.0 Å². The van der Waals surface area contributed by atoms with Gasteiger partial charge in [0, 0.05) is 45.5 Å². The maximum Gasteiger partial charge on any atom is 0.214 e. The van der Waals surface area contributed by atoms with Gasteiger partial charge in [-0.2, -0.15) is 5.10 Å². The molecule has 0 spiro atoms. The van der Waals surface area contributed by atoms with Crippen molar-refractivity contribution in [3.05, 3.63) is 17.0 Å². The van der Waals surface area contributed by atoms with Crippen molar-refractivity contribution < 1.29 is 8.42 Å². The van der Waals surface area contributed by atoms with E-state index < -0.39 is 10.0 Å². The minimum Gasteiger partial charge on any atom is -0.355 e. The van der Waals surface area contributed by atoms with E-state index in [1.807, 2.05) is 18.7 Å². The van der Waals surface area contributed by atoms with Crippen molar-refractivity contribution in [2.45, 2.75) is 39.7 Å². The van der Waals surface area contributed by atoms with Crippen molar-refractivity contribution >= 4 is 40.0 Å². The molecule has 1 aromatic heterocycles. The first-order valence-electron chi connectivity index (χ1n) is 8.68. The third-order valence-corrected chi connectivity index (χ3v) is 6.59. The molecule has 1 unspecified atom stereocenters. The zero-order valence-corrected chi connectivity index (χ0v) is 19.4. The summed E-state index contributed by atoms with van der Waals surface area (Å²) in [6.07, 6.45) is 1.57. The molecular formula is C16H31IN6O2S. The number of nitrogens with zero attached hydrogens (tertiary/aromatic N) is 4. The molecule has 0 amide bonds. The first-order valence-corrected chi connectivity index (χ1v) is 10.3. The zero-order chi connectivity index (χ0) is 18.6. The predicted octanol–water partition coefficient (Wildman–Crippen LogP) is 0.786. The molecule has 1 atom stereocenters. The topological polar surface area (TPSA) is 91.6 Å². The molecule has 2 N–H and O–H groups in total. The summed E-state index contributed by atoms with van der Waals surface area (Å²) >= 11 is 0. The molecule has 0 saturated carbocycles. The lowest BCUT2D eigenvalue weighted by molar-refractivity contribution is 0.444. The number of guanidine groups is 1. The smallest absolute Gasteiger partial charge is 0.214 e. The van der Waals surface area contributed by atoms with Gasteiger partial charge in [0.25, 0.3) is 0 Å². The highest BCUT2D eigenvalue weighted by atomic mass is 127. The van der Waals surface area contributed by atoms with E-state index >= 15 is 0 Å². The second-order valence-corrected chi connectivity index (χ2v) is 8.68. The minimum atomic E-state index is -3.04. The summed E-state index contributed by atoms with van der Waals surface area (Å²) in [4.78, 5) is 4.23. The Labute approximate surface area is 173 Å². The monoisotopic (exact) mass is 498 g/mol. The third kappa shape index (κ3) is 5.81. The number of halogens is 1. The Bertz CT molecular complexity index is 731. The first kappa shape index (κ1) is 23.2. The number of nitrogens with one attached hydrogen (secondary N) is 2. The van der Waals surface area contributed by atoms with E-state index in [1.54, 1.807) is 11.4 Å². The molecule has 150 valence electrons. The van der Waals surface area contributed by atoms with Crippen LogP contribution in [-0.2, 0) is 23.5 Å². The van der Waals surface area contributed by atoms with Gasteiger partial charge in [-0.15, -0.1) is 24.0 Å². The summed E-state index contributed by atoms with van der Waals surface area (Å²) in [6.45, 7) is 7.83. The largest absolute Gasteiger partial charge is 0.355 e. The van der Waals surface area contributed by atoms with E-state index in [1.165, 1.54) is 11.3 Å². The first-order chi connectivity index (χ1) is 11.7. The fourth-order valence-electron chi connectivity index (χ4n) is 3.14. The van der Waals surface area contributed by atoms with Crippen molar-refractivity contribution in [2.24, 2.45) is 12.0 Å². The SMILES string of the molecule is CN=C(NCCN1CCCS1(=O)=O)NC(C)Cc1c(C)nn(C)c1C.I. The Morgan fingerprint density at radius 2 is 2.08 bits per heavy atom. The van der Waals surface area contributed by atoms with Crippen LogP contribution in [0.25, 0.3) is 0 Å². The zero-order valence-electron chi connectivity index (χ0n) is 16.2. The maximum atomic E-state index is 11.8. The lowest BCUT2D eigenvalue weighted by Gasteiger charge is -2.20. The average molecular weight is 498 g/mol. The van der Waals surface area contributed by atoms with Crippen molar-refractivity contribution in [2.75, 3.05) is 32.4 Å². The molecule has 2 rings (SSSR count). The van der Waals surface area contributed by atoms with E-state index in [9.17, 15) is 8.42 Å². The third-order valence-electron chi connectivity index (χ3n) is 4.63. The van der Waals surface area contributed by atoms with Crippen LogP contribution in [0.3, 0.4) is 0 Å². The number of hydrogen-bond donors (Lipinski definition) is 2. The van der Waals surface area contributed by atoms with E-state index in [-0.39, 0.29) is 35.8 Å². The van der Waals surface area contributed by atoms with Crippen molar-refractivity contribution in [1.29, 1.82) is 0 Å². The predicted molar refractivity (Wildman–Crippen MR) is 116 cm³/mol. The molecule has 1 aliphatic heterocycles. The quantitative estimate of drug-likeness (QED) is 0.344. The fraction of sp³-hybridized carbons (Fsp3) is 0.750. The minimum absolute atomic E-state index is 0. The van der Waals surface area contributed by atoms with Gasteiger partial charge < -0.3 is 10.6 Å². The summed E-state index contributed by atoms with van der Waals surface area (Å²) in [7, 11) is 0.634. The average Bonchev–Trinajstić information content (AvgIpc) is 2.99. The Morgan fingerprint density at radius 1 is 1.38 bits per heavy atom. The van der Waals surface area contributed by atoms with Crippen LogP contribution in [0.5, 0.6) is 0 Å². The summed E-state index contributed by atoms with van der Waals surface area (Å²) < 4.78 is 27.0. The van der Waals surface area contributed by atoms with Crippen LogP contribution in [0.2, 0.25) is 0 Å². The van der Waals surface area contributed by atoms with E-state index in [2.05, 4.69) is 34.6 Å². The van der Waals surface area contributed by atoms with Gasteiger partial charge in [0.1, 0.15) is 0 Å².